The number of nitrogens with zero attached hydrogens (tertiary/aromatic N) is 3. The predicted octanol–water partition coefficient (Wildman–Crippen LogP) is 2.26. The van der Waals surface area contributed by atoms with Gasteiger partial charge in [0.1, 0.15) is 5.66 Å². The van der Waals surface area contributed by atoms with Gasteiger partial charge in [-0.05, 0) is 59.8 Å². The number of nitrogens with two attached hydrogens (primary N) is 2. The van der Waals surface area contributed by atoms with Gasteiger partial charge in [0.15, 0.2) is 0 Å². The molecule has 0 atom stereocenters. The molecule has 8 heteroatoms. The number of guanidine groups is 2. The first kappa shape index (κ1) is 15.8. The van der Waals surface area contributed by atoms with Crippen molar-refractivity contribution in [1.82, 2.24) is 0 Å². The topological polar surface area (TPSA) is 117 Å². The van der Waals surface area contributed by atoms with E-state index in [1.54, 1.807) is 12.1 Å². The average molecular weight is 380 g/mol. The number of carboxylic acids is 1. The van der Waals surface area contributed by atoms with Gasteiger partial charge in [0.25, 0.3) is 0 Å². The second-order valence-electron chi connectivity index (χ2n) is 5.79. The number of aromatic carboxylic acids is 1. The van der Waals surface area contributed by atoms with Crippen molar-refractivity contribution in [3.05, 3.63) is 28.2 Å². The summed E-state index contributed by atoms with van der Waals surface area (Å²) in [7, 11) is 0. The minimum Gasteiger partial charge on any atom is -0.478 e. The number of rotatable bonds is 2. The SMILES string of the molecule is NC1=NC2(CCCCC2)N(c2ccc(Br)c(C(=O)O)c2)C(N)=N1. The zero-order valence-corrected chi connectivity index (χ0v) is 14.1. The van der Waals surface area contributed by atoms with E-state index in [0.717, 1.165) is 32.1 Å². The molecular formula is C15H18BrN5O2. The molecule has 1 saturated carbocycles. The van der Waals surface area contributed by atoms with Crippen LogP contribution in [0.1, 0.15) is 42.5 Å². The predicted molar refractivity (Wildman–Crippen MR) is 92.6 cm³/mol. The van der Waals surface area contributed by atoms with Crippen molar-refractivity contribution in [2.24, 2.45) is 21.5 Å². The van der Waals surface area contributed by atoms with Crippen molar-refractivity contribution in [2.75, 3.05) is 4.90 Å². The molecule has 0 bridgehead atoms. The third-order valence-electron chi connectivity index (χ3n) is 4.29. The van der Waals surface area contributed by atoms with E-state index in [0.29, 0.717) is 10.2 Å². The van der Waals surface area contributed by atoms with Crippen LogP contribution in [0.15, 0.2) is 32.7 Å². The fourth-order valence-corrected chi connectivity index (χ4v) is 3.73. The zero-order valence-electron chi connectivity index (χ0n) is 12.5. The van der Waals surface area contributed by atoms with Gasteiger partial charge < -0.3 is 16.6 Å². The number of halogens is 1. The largest absolute Gasteiger partial charge is 0.478 e. The summed E-state index contributed by atoms with van der Waals surface area (Å²) in [6, 6.07) is 5.10. The monoisotopic (exact) mass is 379 g/mol. The van der Waals surface area contributed by atoms with Gasteiger partial charge in [-0.3, -0.25) is 4.90 Å². The smallest absolute Gasteiger partial charge is 0.336 e. The summed E-state index contributed by atoms with van der Waals surface area (Å²) in [6.07, 6.45) is 4.79. The molecule has 1 spiro atoms. The van der Waals surface area contributed by atoms with Gasteiger partial charge in [-0.15, -0.1) is 0 Å². The Kier molecular flexibility index (Phi) is 4.01. The number of carboxylic acid groups (broad SMARTS) is 1. The maximum absolute atomic E-state index is 11.4. The van der Waals surface area contributed by atoms with E-state index >= 15 is 0 Å². The third kappa shape index (κ3) is 2.78. The first-order chi connectivity index (χ1) is 10.9. The quantitative estimate of drug-likeness (QED) is 0.728. The van der Waals surface area contributed by atoms with E-state index in [1.807, 2.05) is 11.0 Å². The summed E-state index contributed by atoms with van der Waals surface area (Å²) in [4.78, 5) is 21.9. The summed E-state index contributed by atoms with van der Waals surface area (Å²) in [5, 5.41) is 9.34. The van der Waals surface area contributed by atoms with Crippen LogP contribution in [0.4, 0.5) is 5.69 Å². The van der Waals surface area contributed by atoms with Crippen LogP contribution in [0.3, 0.4) is 0 Å². The number of hydrogen-bond donors (Lipinski definition) is 3. The molecule has 23 heavy (non-hydrogen) atoms. The first-order valence-electron chi connectivity index (χ1n) is 7.45. The Morgan fingerprint density at radius 3 is 2.61 bits per heavy atom. The van der Waals surface area contributed by atoms with Crippen molar-refractivity contribution in [3.63, 3.8) is 0 Å². The lowest BCUT2D eigenvalue weighted by molar-refractivity contribution is 0.0696. The summed E-state index contributed by atoms with van der Waals surface area (Å²) in [5.74, 6) is -0.582. The number of anilines is 1. The molecule has 1 aromatic rings. The lowest BCUT2D eigenvalue weighted by atomic mass is 9.87. The highest BCUT2D eigenvalue weighted by Gasteiger charge is 2.42. The van der Waals surface area contributed by atoms with Gasteiger partial charge in [0, 0.05) is 10.2 Å². The van der Waals surface area contributed by atoms with Crippen LogP contribution in [0.5, 0.6) is 0 Å². The van der Waals surface area contributed by atoms with Crippen LogP contribution in [-0.2, 0) is 0 Å². The number of benzene rings is 1. The molecule has 122 valence electrons. The molecule has 0 unspecified atom stereocenters. The number of carbonyl (C=O) groups is 1. The lowest BCUT2D eigenvalue weighted by Crippen LogP contribution is -2.58. The van der Waals surface area contributed by atoms with E-state index in [4.69, 9.17) is 11.5 Å². The van der Waals surface area contributed by atoms with Crippen LogP contribution in [-0.4, -0.2) is 28.7 Å². The second kappa shape index (κ2) is 5.84. The zero-order chi connectivity index (χ0) is 16.6. The normalized spacial score (nSPS) is 20.1. The fraction of sp³-hybridized carbons (Fsp3) is 0.400. The van der Waals surface area contributed by atoms with E-state index in [-0.39, 0.29) is 17.5 Å². The first-order valence-corrected chi connectivity index (χ1v) is 8.25. The molecule has 2 aliphatic rings. The molecule has 0 radical (unpaired) electrons. The Bertz CT molecular complexity index is 710. The van der Waals surface area contributed by atoms with Gasteiger partial charge >= 0.3 is 5.97 Å². The van der Waals surface area contributed by atoms with Crippen LogP contribution in [0, 0.1) is 0 Å². The molecule has 3 rings (SSSR count). The molecule has 1 aliphatic heterocycles. The number of hydrogen-bond acceptors (Lipinski definition) is 6. The number of aliphatic imine (C=N–C) groups is 2. The fourth-order valence-electron chi connectivity index (χ4n) is 3.31. The molecule has 0 aromatic heterocycles. The Balaban J connectivity index is 2.10. The van der Waals surface area contributed by atoms with E-state index in [9.17, 15) is 9.90 Å². The molecule has 1 aromatic carbocycles. The second-order valence-corrected chi connectivity index (χ2v) is 6.64. The van der Waals surface area contributed by atoms with Crippen LogP contribution in [0.2, 0.25) is 0 Å². The van der Waals surface area contributed by atoms with Crippen molar-refractivity contribution < 1.29 is 9.90 Å². The Labute approximate surface area is 142 Å². The summed E-state index contributed by atoms with van der Waals surface area (Å²) >= 11 is 3.26. The average Bonchev–Trinajstić information content (AvgIpc) is 2.48. The molecule has 1 heterocycles. The maximum Gasteiger partial charge on any atom is 0.336 e. The molecule has 1 fully saturated rings. The molecule has 1 aliphatic carbocycles. The van der Waals surface area contributed by atoms with Crippen LogP contribution < -0.4 is 16.4 Å². The van der Waals surface area contributed by atoms with Crippen molar-refractivity contribution in [2.45, 2.75) is 37.8 Å². The van der Waals surface area contributed by atoms with Gasteiger partial charge in [0.2, 0.25) is 11.9 Å². The van der Waals surface area contributed by atoms with Gasteiger partial charge in [-0.2, -0.15) is 4.99 Å². The van der Waals surface area contributed by atoms with E-state index in [2.05, 4.69) is 25.9 Å². The third-order valence-corrected chi connectivity index (χ3v) is 4.98. The van der Waals surface area contributed by atoms with Crippen LogP contribution >= 0.6 is 15.9 Å². The minimum atomic E-state index is -1.01. The van der Waals surface area contributed by atoms with Crippen molar-refractivity contribution in [1.29, 1.82) is 0 Å². The highest BCUT2D eigenvalue weighted by atomic mass is 79.9. The van der Waals surface area contributed by atoms with Crippen molar-refractivity contribution in [3.8, 4) is 0 Å². The van der Waals surface area contributed by atoms with Gasteiger partial charge in [-0.1, -0.05) is 6.42 Å². The lowest BCUT2D eigenvalue weighted by Gasteiger charge is -2.45. The van der Waals surface area contributed by atoms with Crippen LogP contribution in [0.25, 0.3) is 0 Å². The molecule has 5 N–H and O–H groups in total. The Hall–Kier alpha value is -2.09. The maximum atomic E-state index is 11.4. The van der Waals surface area contributed by atoms with Gasteiger partial charge in [-0.25, -0.2) is 9.79 Å². The van der Waals surface area contributed by atoms with E-state index < -0.39 is 11.6 Å². The Morgan fingerprint density at radius 2 is 1.96 bits per heavy atom. The van der Waals surface area contributed by atoms with E-state index in [1.165, 1.54) is 0 Å². The summed E-state index contributed by atoms with van der Waals surface area (Å²) < 4.78 is 0.516. The minimum absolute atomic E-state index is 0.170. The molecule has 7 nitrogen and oxygen atoms in total. The summed E-state index contributed by atoms with van der Waals surface area (Å²) in [5.41, 5.74) is 12.2. The molecule has 0 amide bonds. The molecule has 0 saturated heterocycles. The standard InChI is InChI=1S/C15H18BrN5O2/c16-11-5-4-9(8-10(11)12(22)23)21-14(18)19-13(17)20-15(21)6-2-1-3-7-15/h4-5,8H,1-3,6-7H2,(H,22,23)(H4,17,18,19,20). The van der Waals surface area contributed by atoms with Gasteiger partial charge in [0.05, 0.1) is 5.56 Å². The molecular weight excluding hydrogens is 362 g/mol. The Morgan fingerprint density at radius 1 is 1.26 bits per heavy atom. The highest BCUT2D eigenvalue weighted by Crippen LogP contribution is 2.40. The highest BCUT2D eigenvalue weighted by molar-refractivity contribution is 9.10. The van der Waals surface area contributed by atoms with Crippen molar-refractivity contribution >= 4 is 39.5 Å². The summed E-state index contributed by atoms with van der Waals surface area (Å²) in [6.45, 7) is 0.